The van der Waals surface area contributed by atoms with E-state index in [-0.39, 0.29) is 5.91 Å². The molecular weight excluding hydrogens is 284 g/mol. The maximum absolute atomic E-state index is 12.1. The number of carbonyl (C=O) groups excluding carboxylic acids is 1. The number of ether oxygens (including phenoxy) is 1. The van der Waals surface area contributed by atoms with Gasteiger partial charge in [0.15, 0.2) is 0 Å². The second-order valence-electron chi connectivity index (χ2n) is 5.34. The van der Waals surface area contributed by atoms with Crippen molar-refractivity contribution < 1.29 is 9.53 Å². The van der Waals surface area contributed by atoms with Crippen LogP contribution in [-0.2, 0) is 4.74 Å². The summed E-state index contributed by atoms with van der Waals surface area (Å²) >= 11 is 1.50. The number of nitrogens with one attached hydrogen (secondary N) is 1. The van der Waals surface area contributed by atoms with Crippen LogP contribution >= 0.6 is 11.3 Å². The van der Waals surface area contributed by atoms with Gasteiger partial charge >= 0.3 is 0 Å². The summed E-state index contributed by atoms with van der Waals surface area (Å²) in [6.07, 6.45) is 1.02. The van der Waals surface area contributed by atoms with Crippen molar-refractivity contribution in [3.8, 4) is 10.6 Å². The number of carbonyl (C=O) groups is 1. The van der Waals surface area contributed by atoms with Crippen molar-refractivity contribution in [3.63, 3.8) is 0 Å². The molecule has 1 aromatic carbocycles. The zero-order chi connectivity index (χ0) is 14.7. The van der Waals surface area contributed by atoms with E-state index in [2.05, 4.69) is 29.4 Å². The van der Waals surface area contributed by atoms with E-state index >= 15 is 0 Å². The Morgan fingerprint density at radius 3 is 2.95 bits per heavy atom. The molecule has 1 N–H and O–H groups in total. The fraction of sp³-hybridized carbons (Fsp3) is 0.375. The highest BCUT2D eigenvalue weighted by atomic mass is 32.1. The van der Waals surface area contributed by atoms with Gasteiger partial charge in [0, 0.05) is 30.0 Å². The first kappa shape index (κ1) is 14.2. The van der Waals surface area contributed by atoms with E-state index in [1.165, 1.54) is 16.9 Å². The number of hydrogen-bond donors (Lipinski definition) is 1. The minimum absolute atomic E-state index is 0.100. The second-order valence-corrected chi connectivity index (χ2v) is 6.20. The van der Waals surface area contributed by atoms with Crippen LogP contribution < -0.4 is 5.32 Å². The van der Waals surface area contributed by atoms with Crippen LogP contribution in [0.4, 0.5) is 0 Å². The lowest BCUT2D eigenvalue weighted by atomic mass is 10.1. The zero-order valence-electron chi connectivity index (χ0n) is 12.0. The predicted octanol–water partition coefficient (Wildman–Crippen LogP) is 2.88. The number of benzene rings is 1. The molecule has 4 nitrogen and oxygen atoms in total. The van der Waals surface area contributed by atoms with Crippen LogP contribution in [0.5, 0.6) is 0 Å². The molecule has 0 saturated carbocycles. The van der Waals surface area contributed by atoms with Gasteiger partial charge in [-0.3, -0.25) is 4.79 Å². The highest BCUT2D eigenvalue weighted by Gasteiger charge is 2.18. The van der Waals surface area contributed by atoms with Gasteiger partial charge in [-0.05, 0) is 13.3 Å². The lowest BCUT2D eigenvalue weighted by Gasteiger charge is -2.07. The van der Waals surface area contributed by atoms with Gasteiger partial charge in [0.05, 0.1) is 6.61 Å². The van der Waals surface area contributed by atoms with Crippen molar-refractivity contribution in [2.24, 2.45) is 5.92 Å². The Hall–Kier alpha value is -1.72. The predicted molar refractivity (Wildman–Crippen MR) is 83.5 cm³/mol. The fourth-order valence-corrected chi connectivity index (χ4v) is 3.08. The summed E-state index contributed by atoms with van der Waals surface area (Å²) in [5, 5.41) is 5.63. The molecule has 1 amide bonds. The van der Waals surface area contributed by atoms with E-state index in [9.17, 15) is 4.79 Å². The van der Waals surface area contributed by atoms with Crippen molar-refractivity contribution in [3.05, 3.63) is 40.9 Å². The lowest BCUT2D eigenvalue weighted by Crippen LogP contribution is -2.29. The van der Waals surface area contributed by atoms with E-state index in [1.54, 1.807) is 0 Å². The molecule has 0 aliphatic carbocycles. The van der Waals surface area contributed by atoms with Crippen LogP contribution in [0.15, 0.2) is 29.6 Å². The van der Waals surface area contributed by atoms with Gasteiger partial charge in [0.1, 0.15) is 10.7 Å². The number of aryl methyl sites for hydroxylation is 1. The average Bonchev–Trinajstić information content (AvgIpc) is 3.17. The smallest absolute Gasteiger partial charge is 0.270 e. The first-order chi connectivity index (χ1) is 10.2. The molecule has 1 atom stereocenters. The molecule has 0 radical (unpaired) electrons. The maximum atomic E-state index is 12.1. The van der Waals surface area contributed by atoms with Crippen LogP contribution in [0.2, 0.25) is 0 Å². The Labute approximate surface area is 128 Å². The Balaban J connectivity index is 1.63. The third kappa shape index (κ3) is 3.49. The molecule has 0 spiro atoms. The molecule has 1 fully saturated rings. The molecule has 1 aliphatic rings. The average molecular weight is 302 g/mol. The molecule has 21 heavy (non-hydrogen) atoms. The van der Waals surface area contributed by atoms with E-state index in [4.69, 9.17) is 4.74 Å². The van der Waals surface area contributed by atoms with E-state index in [1.807, 2.05) is 17.5 Å². The van der Waals surface area contributed by atoms with Gasteiger partial charge in [-0.15, -0.1) is 11.3 Å². The van der Waals surface area contributed by atoms with Crippen molar-refractivity contribution in [2.75, 3.05) is 19.8 Å². The number of aromatic nitrogens is 1. The number of thiazole rings is 1. The van der Waals surface area contributed by atoms with Crippen molar-refractivity contribution in [2.45, 2.75) is 13.3 Å². The first-order valence-electron chi connectivity index (χ1n) is 7.11. The quantitative estimate of drug-likeness (QED) is 0.945. The summed E-state index contributed by atoms with van der Waals surface area (Å²) in [7, 11) is 0. The highest BCUT2D eigenvalue weighted by Crippen LogP contribution is 2.24. The Kier molecular flexibility index (Phi) is 4.31. The topological polar surface area (TPSA) is 51.2 Å². The Bertz CT molecular complexity index is 615. The zero-order valence-corrected chi connectivity index (χ0v) is 12.8. The monoisotopic (exact) mass is 302 g/mol. The summed E-state index contributed by atoms with van der Waals surface area (Å²) in [5.74, 6) is 0.334. The van der Waals surface area contributed by atoms with Crippen LogP contribution in [0.3, 0.4) is 0 Å². The third-order valence-corrected chi connectivity index (χ3v) is 4.50. The van der Waals surface area contributed by atoms with Crippen molar-refractivity contribution in [1.29, 1.82) is 0 Å². The molecule has 1 aliphatic heterocycles. The third-order valence-electron chi connectivity index (χ3n) is 3.61. The molecular formula is C16H18N2O2S. The van der Waals surface area contributed by atoms with E-state index < -0.39 is 0 Å². The van der Waals surface area contributed by atoms with Crippen molar-refractivity contribution >= 4 is 17.2 Å². The summed E-state index contributed by atoms with van der Waals surface area (Å²) in [5.41, 5.74) is 2.76. The molecule has 0 unspecified atom stereocenters. The van der Waals surface area contributed by atoms with Crippen LogP contribution in [0.1, 0.15) is 22.5 Å². The molecule has 3 rings (SSSR count). The van der Waals surface area contributed by atoms with Crippen molar-refractivity contribution in [1.82, 2.24) is 10.3 Å². The van der Waals surface area contributed by atoms with Gasteiger partial charge in [-0.25, -0.2) is 4.98 Å². The second kappa shape index (κ2) is 6.37. The molecule has 5 heteroatoms. The van der Waals surface area contributed by atoms with Crippen LogP contribution in [0.25, 0.3) is 10.6 Å². The summed E-state index contributed by atoms with van der Waals surface area (Å²) in [6, 6.07) is 8.17. The van der Waals surface area contributed by atoms with Gasteiger partial charge in [-0.1, -0.05) is 29.8 Å². The molecule has 2 aromatic rings. The fourth-order valence-electron chi connectivity index (χ4n) is 2.28. The molecule has 1 saturated heterocycles. The van der Waals surface area contributed by atoms with E-state index in [0.29, 0.717) is 18.2 Å². The van der Waals surface area contributed by atoms with Crippen LogP contribution in [-0.4, -0.2) is 30.6 Å². The van der Waals surface area contributed by atoms with Gasteiger partial charge in [0.25, 0.3) is 5.91 Å². The van der Waals surface area contributed by atoms with Crippen LogP contribution in [0, 0.1) is 12.8 Å². The lowest BCUT2D eigenvalue weighted by molar-refractivity contribution is 0.0941. The summed E-state index contributed by atoms with van der Waals surface area (Å²) in [6.45, 7) is 4.26. The highest BCUT2D eigenvalue weighted by molar-refractivity contribution is 7.13. The first-order valence-corrected chi connectivity index (χ1v) is 7.99. The molecule has 1 aromatic heterocycles. The normalized spacial score (nSPS) is 17.9. The van der Waals surface area contributed by atoms with Gasteiger partial charge < -0.3 is 10.1 Å². The largest absolute Gasteiger partial charge is 0.381 e. The number of rotatable bonds is 4. The van der Waals surface area contributed by atoms with E-state index in [0.717, 1.165) is 30.2 Å². The van der Waals surface area contributed by atoms with Gasteiger partial charge in [0.2, 0.25) is 0 Å². The molecule has 0 bridgehead atoms. The molecule has 2 heterocycles. The minimum Gasteiger partial charge on any atom is -0.381 e. The molecule has 110 valence electrons. The number of amides is 1. The number of nitrogens with zero attached hydrogens (tertiary/aromatic N) is 1. The Morgan fingerprint density at radius 2 is 2.24 bits per heavy atom. The number of hydrogen-bond acceptors (Lipinski definition) is 4. The van der Waals surface area contributed by atoms with Gasteiger partial charge in [-0.2, -0.15) is 0 Å². The standard InChI is InChI=1S/C16H18N2O2S/c1-11-2-4-13(5-3-11)16-18-14(10-21-16)15(19)17-8-12-6-7-20-9-12/h2-5,10,12H,6-9H2,1H3,(H,17,19)/t12-/m1/s1. The summed E-state index contributed by atoms with van der Waals surface area (Å²) < 4.78 is 5.30. The summed E-state index contributed by atoms with van der Waals surface area (Å²) in [4.78, 5) is 16.5. The maximum Gasteiger partial charge on any atom is 0.270 e. The Morgan fingerprint density at radius 1 is 1.43 bits per heavy atom. The SMILES string of the molecule is Cc1ccc(-c2nc(C(=O)NC[C@H]3CCOC3)cs2)cc1. The minimum atomic E-state index is -0.100.